The number of nitrogens with zero attached hydrogens (tertiary/aromatic N) is 3. The Kier molecular flexibility index (Phi) is 3.80. The highest BCUT2D eigenvalue weighted by Gasteiger charge is 2.26. The second-order valence-corrected chi connectivity index (χ2v) is 5.77. The van der Waals surface area contributed by atoms with Gasteiger partial charge in [-0.1, -0.05) is 0 Å². The Morgan fingerprint density at radius 1 is 0.962 bits per heavy atom. The molecule has 0 aliphatic carbocycles. The van der Waals surface area contributed by atoms with E-state index in [1.165, 1.54) is 6.39 Å². The van der Waals surface area contributed by atoms with E-state index in [4.69, 9.17) is 27.8 Å². The maximum atomic E-state index is 5.74. The molecule has 1 fully saturated rings. The molecule has 9 nitrogen and oxygen atoms in total. The van der Waals surface area contributed by atoms with E-state index in [1.54, 1.807) is 0 Å². The van der Waals surface area contributed by atoms with Crippen LogP contribution in [0.25, 0.3) is 22.9 Å². The maximum absolute atomic E-state index is 5.74. The number of ether oxygens (including phenoxy) is 4. The molecule has 1 saturated heterocycles. The van der Waals surface area contributed by atoms with Crippen molar-refractivity contribution in [3.63, 3.8) is 0 Å². The lowest BCUT2D eigenvalue weighted by atomic mass is 10.1. The molecule has 1 unspecified atom stereocenters. The average molecular weight is 357 g/mol. The third-order valence-corrected chi connectivity index (χ3v) is 4.11. The molecule has 26 heavy (non-hydrogen) atoms. The Morgan fingerprint density at radius 2 is 1.88 bits per heavy atom. The van der Waals surface area contributed by atoms with Crippen molar-refractivity contribution >= 4 is 0 Å². The van der Waals surface area contributed by atoms with Crippen LogP contribution in [0.1, 0.15) is 12.0 Å². The standard InChI is InChI=1S/C17H15N3O6/c1-2-11-12(23-6-5-22-11)7-10(1)15-14(18-9-25-15)17-20-19-16(26-17)13-8-21-3-4-24-13/h1-2,7,9,13H,3-6,8H2. The van der Waals surface area contributed by atoms with Gasteiger partial charge in [0.05, 0.1) is 19.8 Å². The van der Waals surface area contributed by atoms with Crippen LogP contribution in [0.3, 0.4) is 0 Å². The molecule has 3 aromatic rings. The minimum atomic E-state index is -0.366. The topological polar surface area (TPSA) is 102 Å². The Hall–Kier alpha value is -2.91. The summed E-state index contributed by atoms with van der Waals surface area (Å²) < 4.78 is 33.4. The zero-order chi connectivity index (χ0) is 17.3. The molecule has 0 N–H and O–H groups in total. The zero-order valence-electron chi connectivity index (χ0n) is 13.7. The van der Waals surface area contributed by atoms with Crippen molar-refractivity contribution in [1.29, 1.82) is 0 Å². The molecule has 5 rings (SSSR count). The highest BCUT2D eigenvalue weighted by molar-refractivity contribution is 5.74. The summed E-state index contributed by atoms with van der Waals surface area (Å²) in [4.78, 5) is 4.23. The molecule has 0 bridgehead atoms. The van der Waals surface area contributed by atoms with Gasteiger partial charge in [-0.15, -0.1) is 10.2 Å². The van der Waals surface area contributed by atoms with Gasteiger partial charge >= 0.3 is 0 Å². The van der Waals surface area contributed by atoms with E-state index < -0.39 is 0 Å². The number of fused-ring (bicyclic) bond motifs is 1. The molecule has 4 heterocycles. The van der Waals surface area contributed by atoms with Crippen molar-refractivity contribution in [3.8, 4) is 34.4 Å². The largest absolute Gasteiger partial charge is 0.486 e. The fourth-order valence-corrected chi connectivity index (χ4v) is 2.88. The quantitative estimate of drug-likeness (QED) is 0.698. The van der Waals surface area contributed by atoms with Gasteiger partial charge in [0.25, 0.3) is 5.89 Å². The molecule has 0 spiro atoms. The maximum Gasteiger partial charge on any atom is 0.270 e. The van der Waals surface area contributed by atoms with Gasteiger partial charge in [0, 0.05) is 5.56 Å². The lowest BCUT2D eigenvalue weighted by Crippen LogP contribution is -2.22. The van der Waals surface area contributed by atoms with Crippen molar-refractivity contribution in [3.05, 3.63) is 30.5 Å². The van der Waals surface area contributed by atoms with Gasteiger partial charge in [-0.2, -0.15) is 0 Å². The van der Waals surface area contributed by atoms with E-state index in [-0.39, 0.29) is 12.0 Å². The number of rotatable bonds is 3. The van der Waals surface area contributed by atoms with Gasteiger partial charge in [0.1, 0.15) is 13.2 Å². The molecule has 0 radical (unpaired) electrons. The lowest BCUT2D eigenvalue weighted by Gasteiger charge is -2.19. The smallest absolute Gasteiger partial charge is 0.270 e. The molecule has 134 valence electrons. The molecule has 0 saturated carbocycles. The van der Waals surface area contributed by atoms with Crippen LogP contribution in [-0.4, -0.2) is 48.2 Å². The van der Waals surface area contributed by atoms with Crippen LogP contribution in [0.15, 0.2) is 33.4 Å². The third-order valence-electron chi connectivity index (χ3n) is 4.11. The van der Waals surface area contributed by atoms with Crippen LogP contribution in [0.2, 0.25) is 0 Å². The van der Waals surface area contributed by atoms with Crippen molar-refractivity contribution in [2.75, 3.05) is 33.0 Å². The van der Waals surface area contributed by atoms with Crippen LogP contribution < -0.4 is 9.47 Å². The summed E-state index contributed by atoms with van der Waals surface area (Å²) in [5.41, 5.74) is 1.23. The normalized spacial score (nSPS) is 19.5. The molecule has 0 amide bonds. The Balaban J connectivity index is 1.47. The fourth-order valence-electron chi connectivity index (χ4n) is 2.88. The molecule has 2 aromatic heterocycles. The van der Waals surface area contributed by atoms with Crippen molar-refractivity contribution in [2.45, 2.75) is 6.10 Å². The molecule has 1 aromatic carbocycles. The second-order valence-electron chi connectivity index (χ2n) is 5.77. The Labute approximate surface area is 147 Å². The van der Waals surface area contributed by atoms with Gasteiger partial charge in [0.15, 0.2) is 35.5 Å². The first-order chi connectivity index (χ1) is 12.9. The van der Waals surface area contributed by atoms with E-state index in [0.29, 0.717) is 61.9 Å². The second kappa shape index (κ2) is 6.43. The SMILES string of the molecule is c1nc(-c2nnc(C3COCCO3)o2)c(-c2ccc3c(c2)OCCO3)o1. The number of oxazole rings is 1. The Bertz CT molecular complexity index is 915. The van der Waals surface area contributed by atoms with Crippen LogP contribution in [0, 0.1) is 0 Å². The summed E-state index contributed by atoms with van der Waals surface area (Å²) in [7, 11) is 0. The highest BCUT2D eigenvalue weighted by atomic mass is 16.6. The van der Waals surface area contributed by atoms with Crippen LogP contribution in [-0.2, 0) is 9.47 Å². The summed E-state index contributed by atoms with van der Waals surface area (Å²) in [5, 5.41) is 8.13. The minimum Gasteiger partial charge on any atom is -0.486 e. The molecule has 2 aliphatic rings. The monoisotopic (exact) mass is 357 g/mol. The van der Waals surface area contributed by atoms with E-state index in [0.717, 1.165) is 5.56 Å². The molecule has 9 heteroatoms. The zero-order valence-corrected chi connectivity index (χ0v) is 13.7. The van der Waals surface area contributed by atoms with E-state index in [2.05, 4.69) is 15.2 Å². The molecular formula is C17H15N3O6. The number of hydrogen-bond donors (Lipinski definition) is 0. The first-order valence-corrected chi connectivity index (χ1v) is 8.25. The third kappa shape index (κ3) is 2.71. The average Bonchev–Trinajstić information content (AvgIpc) is 3.37. The van der Waals surface area contributed by atoms with E-state index >= 15 is 0 Å². The van der Waals surface area contributed by atoms with E-state index in [1.807, 2.05) is 18.2 Å². The summed E-state index contributed by atoms with van der Waals surface area (Å²) in [6.07, 6.45) is 0.973. The first-order valence-electron chi connectivity index (χ1n) is 8.25. The van der Waals surface area contributed by atoms with E-state index in [9.17, 15) is 0 Å². The lowest BCUT2D eigenvalue weighted by molar-refractivity contribution is -0.0995. The molecular weight excluding hydrogens is 342 g/mol. The van der Waals surface area contributed by atoms with Gasteiger partial charge in [-0.05, 0) is 18.2 Å². The van der Waals surface area contributed by atoms with Gasteiger partial charge in [-0.25, -0.2) is 4.98 Å². The predicted molar refractivity (Wildman–Crippen MR) is 85.7 cm³/mol. The van der Waals surface area contributed by atoms with Crippen molar-refractivity contribution < 1.29 is 27.8 Å². The first kappa shape index (κ1) is 15.4. The molecule has 1 atom stereocenters. The van der Waals surface area contributed by atoms with Crippen LogP contribution >= 0.6 is 0 Å². The highest BCUT2D eigenvalue weighted by Crippen LogP contribution is 2.37. The summed E-state index contributed by atoms with van der Waals surface area (Å²) in [6, 6.07) is 5.54. The predicted octanol–water partition coefficient (Wildman–Crippen LogP) is 2.25. The Morgan fingerprint density at radius 3 is 2.77 bits per heavy atom. The minimum absolute atomic E-state index is 0.257. The number of aromatic nitrogens is 3. The van der Waals surface area contributed by atoms with Gasteiger partial charge < -0.3 is 27.8 Å². The number of hydrogen-bond acceptors (Lipinski definition) is 9. The van der Waals surface area contributed by atoms with Crippen LogP contribution in [0.4, 0.5) is 0 Å². The van der Waals surface area contributed by atoms with Crippen LogP contribution in [0.5, 0.6) is 11.5 Å². The van der Waals surface area contributed by atoms with Gasteiger partial charge in [0.2, 0.25) is 5.89 Å². The fraction of sp³-hybridized carbons (Fsp3) is 0.353. The summed E-state index contributed by atoms with van der Waals surface area (Å²) in [6.45, 7) is 2.49. The van der Waals surface area contributed by atoms with Gasteiger partial charge in [-0.3, -0.25) is 0 Å². The summed E-state index contributed by atoms with van der Waals surface area (Å²) >= 11 is 0. The van der Waals surface area contributed by atoms with Crippen molar-refractivity contribution in [1.82, 2.24) is 15.2 Å². The summed E-state index contributed by atoms with van der Waals surface area (Å²) in [5.74, 6) is 2.49. The molecule has 2 aliphatic heterocycles. The number of benzene rings is 1. The van der Waals surface area contributed by atoms with Crippen molar-refractivity contribution in [2.24, 2.45) is 0 Å².